The maximum absolute atomic E-state index is 11.0. The first kappa shape index (κ1) is 9.74. The van der Waals surface area contributed by atoms with Gasteiger partial charge in [0.2, 0.25) is 5.91 Å². The first-order chi connectivity index (χ1) is 6.33. The number of hydrogen-bond acceptors (Lipinski definition) is 2. The Morgan fingerprint density at radius 1 is 1.38 bits per heavy atom. The molecule has 0 aliphatic heterocycles. The lowest BCUT2D eigenvalue weighted by molar-refractivity contribution is -0.120. The predicted octanol–water partition coefficient (Wildman–Crippen LogP) is 0.661. The second kappa shape index (κ2) is 5.32. The second-order valence-electron chi connectivity index (χ2n) is 2.66. The van der Waals surface area contributed by atoms with Crippen LogP contribution in [0.25, 0.3) is 0 Å². The van der Waals surface area contributed by atoms with Gasteiger partial charge in [-0.1, -0.05) is 30.3 Å². The van der Waals surface area contributed by atoms with Crippen molar-refractivity contribution in [1.82, 2.24) is 5.32 Å². The smallest absolute Gasteiger partial charge is 0.221 e. The van der Waals surface area contributed by atoms with Crippen LogP contribution in [0.2, 0.25) is 0 Å². The van der Waals surface area contributed by atoms with E-state index in [0.29, 0.717) is 13.0 Å². The summed E-state index contributed by atoms with van der Waals surface area (Å²) < 4.78 is 0. The van der Waals surface area contributed by atoms with Gasteiger partial charge in [0.1, 0.15) is 0 Å². The van der Waals surface area contributed by atoms with Crippen molar-refractivity contribution in [3.05, 3.63) is 42.4 Å². The monoisotopic (exact) mass is 177 g/mol. The van der Waals surface area contributed by atoms with Gasteiger partial charge in [0.05, 0.1) is 6.54 Å². The Bertz CT molecular complexity index is 259. The van der Waals surface area contributed by atoms with Gasteiger partial charge in [0, 0.05) is 13.0 Å². The third kappa shape index (κ3) is 3.71. The minimum atomic E-state index is -0.0497. The molecule has 3 nitrogen and oxygen atoms in total. The molecule has 0 heterocycles. The van der Waals surface area contributed by atoms with Crippen LogP contribution in [0.5, 0.6) is 0 Å². The maximum atomic E-state index is 11.0. The van der Waals surface area contributed by atoms with E-state index < -0.39 is 0 Å². The number of benzene rings is 1. The van der Waals surface area contributed by atoms with Crippen molar-refractivity contribution in [2.24, 2.45) is 5.73 Å². The van der Waals surface area contributed by atoms with Gasteiger partial charge in [-0.2, -0.15) is 0 Å². The van der Waals surface area contributed by atoms with Crippen LogP contribution in [0.3, 0.4) is 0 Å². The van der Waals surface area contributed by atoms with Gasteiger partial charge in [-0.25, -0.2) is 0 Å². The molecule has 3 N–H and O–H groups in total. The van der Waals surface area contributed by atoms with Crippen LogP contribution in [-0.2, 0) is 4.79 Å². The zero-order valence-electron chi connectivity index (χ0n) is 7.36. The van der Waals surface area contributed by atoms with Crippen LogP contribution < -0.4 is 11.1 Å². The summed E-state index contributed by atoms with van der Waals surface area (Å²) in [7, 11) is 0. The highest BCUT2D eigenvalue weighted by molar-refractivity contribution is 5.77. The SMILES string of the molecule is NCCC(=O)N[CH]c1ccccc1. The molecule has 1 aromatic rings. The molecule has 3 heteroatoms. The van der Waals surface area contributed by atoms with E-state index in [-0.39, 0.29) is 5.91 Å². The average molecular weight is 177 g/mol. The highest BCUT2D eigenvalue weighted by atomic mass is 16.1. The summed E-state index contributed by atoms with van der Waals surface area (Å²) >= 11 is 0. The van der Waals surface area contributed by atoms with Gasteiger partial charge in [0.25, 0.3) is 0 Å². The number of nitrogens with one attached hydrogen (secondary N) is 1. The van der Waals surface area contributed by atoms with Crippen molar-refractivity contribution in [3.8, 4) is 0 Å². The number of rotatable bonds is 4. The fraction of sp³-hybridized carbons (Fsp3) is 0.200. The lowest BCUT2D eigenvalue weighted by Crippen LogP contribution is -2.23. The quantitative estimate of drug-likeness (QED) is 0.710. The fourth-order valence-electron chi connectivity index (χ4n) is 0.916. The molecule has 69 valence electrons. The van der Waals surface area contributed by atoms with Crippen molar-refractivity contribution in [1.29, 1.82) is 0 Å². The summed E-state index contributed by atoms with van der Waals surface area (Å²) in [4.78, 5) is 11.0. The molecule has 0 aromatic heterocycles. The topological polar surface area (TPSA) is 55.1 Å². The van der Waals surface area contributed by atoms with E-state index in [4.69, 9.17) is 5.73 Å². The van der Waals surface area contributed by atoms with E-state index >= 15 is 0 Å². The Kier molecular flexibility index (Phi) is 3.99. The lowest BCUT2D eigenvalue weighted by Gasteiger charge is -2.02. The second-order valence-corrected chi connectivity index (χ2v) is 2.66. The summed E-state index contributed by atoms with van der Waals surface area (Å²) in [6, 6.07) is 9.60. The summed E-state index contributed by atoms with van der Waals surface area (Å²) in [5.41, 5.74) is 6.20. The molecule has 1 rings (SSSR count). The molecule has 0 saturated carbocycles. The summed E-state index contributed by atoms with van der Waals surface area (Å²) in [6.07, 6.45) is 0.364. The van der Waals surface area contributed by atoms with E-state index in [1.54, 1.807) is 6.54 Å². The Balaban J connectivity index is 2.31. The molecule has 1 aromatic carbocycles. The molecule has 0 unspecified atom stereocenters. The first-order valence-corrected chi connectivity index (χ1v) is 4.20. The molecule has 13 heavy (non-hydrogen) atoms. The van der Waals surface area contributed by atoms with Crippen molar-refractivity contribution < 1.29 is 4.79 Å². The zero-order chi connectivity index (χ0) is 9.52. The molecule has 0 aliphatic rings. The highest BCUT2D eigenvalue weighted by Crippen LogP contribution is 1.98. The van der Waals surface area contributed by atoms with Crippen molar-refractivity contribution in [2.45, 2.75) is 6.42 Å². The van der Waals surface area contributed by atoms with Gasteiger partial charge >= 0.3 is 0 Å². The molecule has 0 aliphatic carbocycles. The molecule has 0 bridgehead atoms. The molecule has 1 amide bonds. The number of nitrogens with two attached hydrogens (primary N) is 1. The largest absolute Gasteiger partial charge is 0.347 e. The van der Waals surface area contributed by atoms with Crippen LogP contribution in [0.15, 0.2) is 30.3 Å². The Labute approximate surface area is 77.9 Å². The minimum absolute atomic E-state index is 0.0497. The molecule has 0 saturated heterocycles. The molecule has 1 radical (unpaired) electrons. The van der Waals surface area contributed by atoms with E-state index in [1.807, 2.05) is 30.3 Å². The Hall–Kier alpha value is -1.35. The van der Waals surface area contributed by atoms with Crippen molar-refractivity contribution >= 4 is 5.91 Å². The third-order valence-corrected chi connectivity index (χ3v) is 1.57. The zero-order valence-corrected chi connectivity index (χ0v) is 7.36. The number of carbonyl (C=O) groups is 1. The van der Waals surface area contributed by atoms with E-state index in [1.165, 1.54) is 0 Å². The molecular weight excluding hydrogens is 164 g/mol. The van der Waals surface area contributed by atoms with Crippen LogP contribution in [0.1, 0.15) is 12.0 Å². The van der Waals surface area contributed by atoms with Crippen LogP contribution in [0.4, 0.5) is 0 Å². The Morgan fingerprint density at radius 2 is 2.08 bits per heavy atom. The van der Waals surface area contributed by atoms with Crippen molar-refractivity contribution in [3.63, 3.8) is 0 Å². The van der Waals surface area contributed by atoms with Crippen LogP contribution in [-0.4, -0.2) is 12.5 Å². The molecule has 0 atom stereocenters. The van der Waals surface area contributed by atoms with Gasteiger partial charge in [-0.15, -0.1) is 0 Å². The Morgan fingerprint density at radius 3 is 2.69 bits per heavy atom. The fourth-order valence-corrected chi connectivity index (χ4v) is 0.916. The number of carbonyl (C=O) groups excluding carboxylic acids is 1. The number of amides is 1. The highest BCUT2D eigenvalue weighted by Gasteiger charge is 1.98. The predicted molar refractivity (Wildman–Crippen MR) is 51.7 cm³/mol. The average Bonchev–Trinajstić information content (AvgIpc) is 2.17. The van der Waals surface area contributed by atoms with E-state index in [2.05, 4.69) is 5.32 Å². The third-order valence-electron chi connectivity index (χ3n) is 1.57. The van der Waals surface area contributed by atoms with E-state index in [0.717, 1.165) is 5.56 Å². The maximum Gasteiger partial charge on any atom is 0.221 e. The van der Waals surface area contributed by atoms with E-state index in [9.17, 15) is 4.79 Å². The molecular formula is C10H13N2O. The first-order valence-electron chi connectivity index (χ1n) is 4.20. The van der Waals surface area contributed by atoms with Gasteiger partial charge < -0.3 is 11.1 Å². The minimum Gasteiger partial charge on any atom is -0.347 e. The standard InChI is InChI=1S/C10H13N2O/c11-7-6-10(13)12-8-9-4-2-1-3-5-9/h1-5,8H,6-7,11H2,(H,12,13). The van der Waals surface area contributed by atoms with Gasteiger partial charge in [-0.3, -0.25) is 4.79 Å². The van der Waals surface area contributed by atoms with Gasteiger partial charge in [0.15, 0.2) is 0 Å². The number of hydrogen-bond donors (Lipinski definition) is 2. The normalized spacial score (nSPS) is 9.62. The summed E-state index contributed by atoms with van der Waals surface area (Å²) in [6.45, 7) is 2.06. The van der Waals surface area contributed by atoms with Crippen LogP contribution in [0, 0.1) is 6.54 Å². The van der Waals surface area contributed by atoms with Crippen molar-refractivity contribution in [2.75, 3.05) is 6.54 Å². The van der Waals surface area contributed by atoms with Gasteiger partial charge in [-0.05, 0) is 5.56 Å². The summed E-state index contributed by atoms with van der Waals surface area (Å²) in [5, 5.41) is 2.66. The lowest BCUT2D eigenvalue weighted by atomic mass is 10.2. The summed E-state index contributed by atoms with van der Waals surface area (Å²) in [5.74, 6) is -0.0497. The molecule has 0 fully saturated rings. The van der Waals surface area contributed by atoms with Crippen LogP contribution >= 0.6 is 0 Å². The molecule has 0 spiro atoms.